The van der Waals surface area contributed by atoms with Gasteiger partial charge in [-0.25, -0.2) is 15.0 Å². The monoisotopic (exact) mass is 438 g/mol. The van der Waals surface area contributed by atoms with E-state index in [1.54, 1.807) is 19.5 Å². The molecule has 0 unspecified atom stereocenters. The minimum atomic E-state index is 0.423. The number of fused-ring (bicyclic) bond motifs is 1. The highest BCUT2D eigenvalue weighted by molar-refractivity contribution is 5.82. The standard InChI is InChI=1S/C26H26N6O/c1-17(2)18(3)23(33-4)16-28-15-19-9-11-20(12-10-19)32-25(21-7-5-13-29-24(21)27)31-22-8-6-14-30-26(22)32/h5-14,16,28H,1,3,15H2,2,4H3,(H2,27,29). The zero-order valence-electron chi connectivity index (χ0n) is 18.7. The van der Waals surface area contributed by atoms with Crippen molar-refractivity contribution in [3.8, 4) is 17.1 Å². The highest BCUT2D eigenvalue weighted by Crippen LogP contribution is 2.30. The van der Waals surface area contributed by atoms with Gasteiger partial charge < -0.3 is 15.8 Å². The summed E-state index contributed by atoms with van der Waals surface area (Å²) in [6.07, 6.45) is 5.23. The second-order valence-electron chi connectivity index (χ2n) is 7.57. The maximum absolute atomic E-state index is 6.16. The van der Waals surface area contributed by atoms with Crippen molar-refractivity contribution in [1.29, 1.82) is 0 Å². The number of rotatable bonds is 8. The molecule has 0 amide bonds. The molecule has 0 radical (unpaired) electrons. The van der Waals surface area contributed by atoms with Crippen molar-refractivity contribution in [2.75, 3.05) is 12.8 Å². The Morgan fingerprint density at radius 2 is 1.82 bits per heavy atom. The number of allylic oxidation sites excluding steroid dienone is 1. The fourth-order valence-corrected chi connectivity index (χ4v) is 3.45. The van der Waals surface area contributed by atoms with Crippen LogP contribution in [0.15, 0.2) is 97.2 Å². The SMILES string of the molecule is C=C(C)C(=C)C(=CNCc1ccc(-n2c(-c3cccnc3N)nc3cccnc32)cc1)OC. The molecule has 7 nitrogen and oxygen atoms in total. The molecule has 3 heterocycles. The van der Waals surface area contributed by atoms with Crippen molar-refractivity contribution < 1.29 is 4.74 Å². The molecule has 4 aromatic rings. The number of methoxy groups -OCH3 is 1. The minimum absolute atomic E-state index is 0.423. The van der Waals surface area contributed by atoms with Crippen LogP contribution in [-0.4, -0.2) is 26.6 Å². The van der Waals surface area contributed by atoms with Crippen molar-refractivity contribution in [1.82, 2.24) is 24.8 Å². The lowest BCUT2D eigenvalue weighted by atomic mass is 10.1. The van der Waals surface area contributed by atoms with Gasteiger partial charge in [0, 0.05) is 36.4 Å². The maximum Gasteiger partial charge on any atom is 0.164 e. The lowest BCUT2D eigenvalue weighted by Gasteiger charge is -2.12. The van der Waals surface area contributed by atoms with E-state index >= 15 is 0 Å². The van der Waals surface area contributed by atoms with Gasteiger partial charge in [-0.3, -0.25) is 4.57 Å². The molecule has 0 spiro atoms. The smallest absolute Gasteiger partial charge is 0.164 e. The molecule has 0 saturated heterocycles. The van der Waals surface area contributed by atoms with Crippen LogP contribution in [0.2, 0.25) is 0 Å². The molecule has 0 atom stereocenters. The van der Waals surface area contributed by atoms with Gasteiger partial charge in [0.2, 0.25) is 0 Å². The predicted molar refractivity (Wildman–Crippen MR) is 132 cm³/mol. The molecule has 0 aliphatic heterocycles. The molecule has 7 heteroatoms. The lowest BCUT2D eigenvalue weighted by molar-refractivity contribution is 0.299. The maximum atomic E-state index is 6.16. The fraction of sp³-hybridized carbons (Fsp3) is 0.115. The van der Waals surface area contributed by atoms with Crippen LogP contribution in [0.4, 0.5) is 5.82 Å². The van der Waals surface area contributed by atoms with Crippen molar-refractivity contribution >= 4 is 17.0 Å². The van der Waals surface area contributed by atoms with Gasteiger partial charge >= 0.3 is 0 Å². The number of benzene rings is 1. The predicted octanol–water partition coefficient (Wildman–Crippen LogP) is 4.77. The molecular weight excluding hydrogens is 412 g/mol. The number of imidazole rings is 1. The molecule has 0 bridgehead atoms. The molecule has 166 valence electrons. The third-order valence-electron chi connectivity index (χ3n) is 5.26. The van der Waals surface area contributed by atoms with Gasteiger partial charge in [-0.15, -0.1) is 0 Å². The van der Waals surface area contributed by atoms with Crippen LogP contribution in [0.3, 0.4) is 0 Å². The Bertz CT molecular complexity index is 1350. The normalized spacial score (nSPS) is 11.4. The highest BCUT2D eigenvalue weighted by atomic mass is 16.5. The second-order valence-corrected chi connectivity index (χ2v) is 7.57. The first kappa shape index (κ1) is 21.8. The molecular formula is C26H26N6O. The summed E-state index contributed by atoms with van der Waals surface area (Å²) < 4.78 is 7.39. The molecule has 33 heavy (non-hydrogen) atoms. The zero-order chi connectivity index (χ0) is 23.4. The van der Waals surface area contributed by atoms with Crippen LogP contribution < -0.4 is 11.1 Å². The molecule has 4 rings (SSSR count). The van der Waals surface area contributed by atoms with E-state index < -0.39 is 0 Å². The Labute approximate surface area is 193 Å². The summed E-state index contributed by atoms with van der Waals surface area (Å²) in [7, 11) is 1.62. The first-order valence-electron chi connectivity index (χ1n) is 10.5. The lowest BCUT2D eigenvalue weighted by Crippen LogP contribution is -2.08. The van der Waals surface area contributed by atoms with Crippen LogP contribution in [0.1, 0.15) is 12.5 Å². The number of hydrogen-bond donors (Lipinski definition) is 2. The number of hydrogen-bond acceptors (Lipinski definition) is 6. The van der Waals surface area contributed by atoms with Gasteiger partial charge in [0.15, 0.2) is 11.5 Å². The van der Waals surface area contributed by atoms with Crippen molar-refractivity contribution in [2.24, 2.45) is 0 Å². The first-order valence-corrected chi connectivity index (χ1v) is 10.5. The number of aromatic nitrogens is 4. The largest absolute Gasteiger partial charge is 0.495 e. The average Bonchev–Trinajstić information content (AvgIpc) is 3.21. The zero-order valence-corrected chi connectivity index (χ0v) is 18.7. The van der Waals surface area contributed by atoms with Crippen molar-refractivity contribution in [3.63, 3.8) is 0 Å². The summed E-state index contributed by atoms with van der Waals surface area (Å²) >= 11 is 0. The molecule has 0 fully saturated rings. The van der Waals surface area contributed by atoms with Gasteiger partial charge in [-0.1, -0.05) is 25.3 Å². The van der Waals surface area contributed by atoms with E-state index in [0.29, 0.717) is 23.9 Å². The summed E-state index contributed by atoms with van der Waals surface area (Å²) in [6.45, 7) is 10.4. The molecule has 3 aromatic heterocycles. The Morgan fingerprint density at radius 3 is 2.52 bits per heavy atom. The van der Waals surface area contributed by atoms with Crippen LogP contribution >= 0.6 is 0 Å². The van der Waals surface area contributed by atoms with Gasteiger partial charge in [-0.2, -0.15) is 0 Å². The molecule has 0 aliphatic rings. The number of nitrogens with zero attached hydrogens (tertiary/aromatic N) is 4. The summed E-state index contributed by atoms with van der Waals surface area (Å²) in [5.74, 6) is 1.78. The number of nitrogens with one attached hydrogen (secondary N) is 1. The summed E-state index contributed by atoms with van der Waals surface area (Å²) in [6, 6.07) is 15.8. The van der Waals surface area contributed by atoms with E-state index in [2.05, 4.69) is 40.6 Å². The van der Waals surface area contributed by atoms with Gasteiger partial charge in [0.05, 0.1) is 12.7 Å². The summed E-state index contributed by atoms with van der Waals surface area (Å²) in [4.78, 5) is 13.6. The van der Waals surface area contributed by atoms with Crippen LogP contribution in [-0.2, 0) is 11.3 Å². The second kappa shape index (κ2) is 9.40. The van der Waals surface area contributed by atoms with Crippen LogP contribution in [0, 0.1) is 0 Å². The van der Waals surface area contributed by atoms with Gasteiger partial charge in [-0.05, 0) is 54.5 Å². The minimum Gasteiger partial charge on any atom is -0.495 e. The number of pyridine rings is 2. The van der Waals surface area contributed by atoms with E-state index in [0.717, 1.165) is 39.1 Å². The Balaban J connectivity index is 1.64. The average molecular weight is 439 g/mol. The van der Waals surface area contributed by atoms with Crippen molar-refractivity contribution in [2.45, 2.75) is 13.5 Å². The topological polar surface area (TPSA) is 90.9 Å². The Hall–Kier alpha value is -4.39. The van der Waals surface area contributed by atoms with Gasteiger partial charge in [0.1, 0.15) is 17.1 Å². The highest BCUT2D eigenvalue weighted by Gasteiger charge is 2.17. The first-order chi connectivity index (χ1) is 16.0. The van der Waals surface area contributed by atoms with Crippen LogP contribution in [0.25, 0.3) is 28.2 Å². The fourth-order valence-electron chi connectivity index (χ4n) is 3.45. The summed E-state index contributed by atoms with van der Waals surface area (Å²) in [5, 5.41) is 3.27. The van der Waals surface area contributed by atoms with E-state index in [1.165, 1.54) is 0 Å². The number of nitrogens with two attached hydrogens (primary N) is 1. The number of ether oxygens (including phenoxy) is 1. The van der Waals surface area contributed by atoms with E-state index in [-0.39, 0.29) is 0 Å². The number of nitrogen functional groups attached to an aromatic ring is 1. The third kappa shape index (κ3) is 4.48. The molecule has 0 saturated carbocycles. The quantitative estimate of drug-likeness (QED) is 0.304. The number of anilines is 1. The van der Waals surface area contributed by atoms with Crippen LogP contribution in [0.5, 0.6) is 0 Å². The Kier molecular flexibility index (Phi) is 6.22. The molecule has 3 N–H and O–H groups in total. The van der Waals surface area contributed by atoms with Gasteiger partial charge in [0.25, 0.3) is 0 Å². The van der Waals surface area contributed by atoms with Crippen molar-refractivity contribution in [3.05, 3.63) is 103 Å². The van der Waals surface area contributed by atoms with E-state index in [1.807, 2.05) is 54.1 Å². The van der Waals surface area contributed by atoms with E-state index in [4.69, 9.17) is 15.5 Å². The third-order valence-corrected chi connectivity index (χ3v) is 5.26. The molecule has 1 aromatic carbocycles. The summed E-state index contributed by atoms with van der Waals surface area (Å²) in [5.41, 5.74) is 12.1. The Morgan fingerprint density at radius 1 is 1.09 bits per heavy atom. The molecule has 0 aliphatic carbocycles. The van der Waals surface area contributed by atoms with E-state index in [9.17, 15) is 0 Å².